The Bertz CT molecular complexity index is 1270. The summed E-state index contributed by atoms with van der Waals surface area (Å²) < 4.78 is 13.4. The largest absolute Gasteiger partial charge is 0.378 e. The van der Waals surface area contributed by atoms with Gasteiger partial charge >= 0.3 is 0 Å². The van der Waals surface area contributed by atoms with Crippen molar-refractivity contribution in [1.82, 2.24) is 14.6 Å². The maximum absolute atomic E-state index is 5.96. The van der Waals surface area contributed by atoms with Gasteiger partial charge in [0, 0.05) is 30.0 Å². The van der Waals surface area contributed by atoms with Crippen LogP contribution in [0.3, 0.4) is 0 Å². The van der Waals surface area contributed by atoms with E-state index in [0.717, 1.165) is 54.3 Å². The molecule has 3 heterocycles. The molecule has 0 spiro atoms. The van der Waals surface area contributed by atoms with Gasteiger partial charge in [0.25, 0.3) is 0 Å². The van der Waals surface area contributed by atoms with Crippen LogP contribution in [0, 0.1) is 0 Å². The van der Waals surface area contributed by atoms with E-state index in [1.807, 2.05) is 22.8 Å². The number of ether oxygens (including phenoxy) is 2. The fourth-order valence-electron chi connectivity index (χ4n) is 4.03. The summed E-state index contributed by atoms with van der Waals surface area (Å²) in [6, 6.07) is 20.9. The van der Waals surface area contributed by atoms with Crippen LogP contribution in [-0.4, -0.2) is 46.5 Å². The molecule has 2 aromatic heterocycles. The van der Waals surface area contributed by atoms with Crippen molar-refractivity contribution < 1.29 is 9.47 Å². The highest BCUT2D eigenvalue weighted by atomic mass is 16.5. The molecule has 176 valence electrons. The van der Waals surface area contributed by atoms with E-state index in [1.165, 1.54) is 5.69 Å². The summed E-state index contributed by atoms with van der Waals surface area (Å²) in [6.07, 6.45) is 1.84. The molecule has 1 fully saturated rings. The molecule has 0 atom stereocenters. The van der Waals surface area contributed by atoms with Crippen LogP contribution in [0.4, 0.5) is 17.3 Å². The molecule has 1 aliphatic heterocycles. The molecule has 0 unspecified atom stereocenters. The van der Waals surface area contributed by atoms with Crippen molar-refractivity contribution in [3.63, 3.8) is 0 Å². The van der Waals surface area contributed by atoms with E-state index in [4.69, 9.17) is 14.6 Å². The Balaban J connectivity index is 1.39. The number of aromatic nitrogens is 3. The smallest absolute Gasteiger partial charge is 0.245 e. The van der Waals surface area contributed by atoms with E-state index < -0.39 is 0 Å². The highest BCUT2D eigenvalue weighted by molar-refractivity contribution is 5.68. The van der Waals surface area contributed by atoms with Gasteiger partial charge in [-0.25, -0.2) is 9.50 Å². The number of fused-ring (bicyclic) bond motifs is 1. The number of nitrogens with one attached hydrogen (secondary N) is 1. The van der Waals surface area contributed by atoms with Crippen LogP contribution < -0.4 is 10.2 Å². The van der Waals surface area contributed by atoms with Crippen LogP contribution >= 0.6 is 0 Å². The van der Waals surface area contributed by atoms with Gasteiger partial charge in [-0.05, 0) is 62.7 Å². The maximum atomic E-state index is 5.96. The first kappa shape index (κ1) is 22.4. The summed E-state index contributed by atoms with van der Waals surface area (Å²) in [6.45, 7) is 10.1. The lowest BCUT2D eigenvalue weighted by Crippen LogP contribution is -2.36. The molecular weight excluding hydrogens is 426 g/mol. The molecule has 1 N–H and O–H groups in total. The number of morpholine rings is 1. The maximum Gasteiger partial charge on any atom is 0.245 e. The van der Waals surface area contributed by atoms with Crippen molar-refractivity contribution in [2.75, 3.05) is 36.5 Å². The van der Waals surface area contributed by atoms with Crippen LogP contribution in [-0.2, 0) is 16.1 Å². The second-order valence-electron chi connectivity index (χ2n) is 9.51. The third kappa shape index (κ3) is 5.21. The zero-order valence-corrected chi connectivity index (χ0v) is 20.0. The van der Waals surface area contributed by atoms with Crippen molar-refractivity contribution in [2.45, 2.75) is 33.0 Å². The Hall–Kier alpha value is -3.42. The molecule has 0 radical (unpaired) electrons. The average Bonchev–Trinajstić information content (AvgIpc) is 3.27. The van der Waals surface area contributed by atoms with Gasteiger partial charge in [-0.15, -0.1) is 5.10 Å². The molecule has 7 nitrogen and oxygen atoms in total. The van der Waals surface area contributed by atoms with Gasteiger partial charge < -0.3 is 19.7 Å². The minimum absolute atomic E-state index is 0.176. The summed E-state index contributed by atoms with van der Waals surface area (Å²) >= 11 is 0. The molecular formula is C27H31N5O2. The summed E-state index contributed by atoms with van der Waals surface area (Å²) in [4.78, 5) is 6.86. The van der Waals surface area contributed by atoms with E-state index in [1.54, 1.807) is 0 Å². The Morgan fingerprint density at radius 3 is 2.65 bits per heavy atom. The van der Waals surface area contributed by atoms with Gasteiger partial charge in [0.1, 0.15) is 0 Å². The first-order valence-electron chi connectivity index (χ1n) is 11.7. The number of anilines is 3. The van der Waals surface area contributed by atoms with Crippen LogP contribution in [0.5, 0.6) is 0 Å². The molecule has 0 saturated carbocycles. The van der Waals surface area contributed by atoms with E-state index in [2.05, 4.69) is 84.5 Å². The zero-order valence-electron chi connectivity index (χ0n) is 20.0. The van der Waals surface area contributed by atoms with E-state index in [0.29, 0.717) is 12.6 Å². The number of hydrogen-bond donors (Lipinski definition) is 1. The Kier molecular flexibility index (Phi) is 6.22. The molecule has 0 amide bonds. The van der Waals surface area contributed by atoms with Crippen molar-refractivity contribution >= 4 is 22.8 Å². The lowest BCUT2D eigenvalue weighted by atomic mass is 10.1. The third-order valence-corrected chi connectivity index (χ3v) is 5.77. The van der Waals surface area contributed by atoms with Crippen molar-refractivity contribution in [3.05, 3.63) is 72.4 Å². The molecule has 5 rings (SSSR count). The normalized spacial score (nSPS) is 14.5. The van der Waals surface area contributed by atoms with Gasteiger partial charge in [0.2, 0.25) is 5.95 Å². The summed E-state index contributed by atoms with van der Waals surface area (Å²) in [5, 5.41) is 8.16. The van der Waals surface area contributed by atoms with Gasteiger partial charge in [-0.1, -0.05) is 24.3 Å². The molecule has 1 saturated heterocycles. The predicted molar refractivity (Wildman–Crippen MR) is 136 cm³/mol. The quantitative estimate of drug-likeness (QED) is 0.424. The number of rotatable bonds is 6. The number of nitrogens with zero attached hydrogens (tertiary/aromatic N) is 4. The molecule has 0 bridgehead atoms. The molecule has 1 aliphatic rings. The van der Waals surface area contributed by atoms with Crippen LogP contribution in [0.15, 0.2) is 66.9 Å². The van der Waals surface area contributed by atoms with Gasteiger partial charge in [0.15, 0.2) is 0 Å². The Labute approximate surface area is 200 Å². The molecule has 0 aliphatic carbocycles. The van der Waals surface area contributed by atoms with E-state index >= 15 is 0 Å². The van der Waals surface area contributed by atoms with Gasteiger partial charge in [-0.2, -0.15) is 0 Å². The monoisotopic (exact) mass is 457 g/mol. The zero-order chi connectivity index (χ0) is 23.5. The van der Waals surface area contributed by atoms with Gasteiger partial charge in [0.05, 0.1) is 42.8 Å². The number of benzene rings is 2. The van der Waals surface area contributed by atoms with Crippen molar-refractivity contribution in [1.29, 1.82) is 0 Å². The first-order chi connectivity index (χ1) is 16.4. The van der Waals surface area contributed by atoms with Crippen molar-refractivity contribution in [3.8, 4) is 11.3 Å². The second-order valence-corrected chi connectivity index (χ2v) is 9.51. The van der Waals surface area contributed by atoms with Crippen LogP contribution in [0.1, 0.15) is 26.3 Å². The lowest BCUT2D eigenvalue weighted by molar-refractivity contribution is -0.0149. The molecule has 2 aromatic carbocycles. The first-order valence-corrected chi connectivity index (χ1v) is 11.7. The SMILES string of the molecule is CC(C)(C)OCc1cccc(-c2ccc3cnc(Nc4cccc(N5CCOCC5)c4)nn23)c1. The summed E-state index contributed by atoms with van der Waals surface area (Å²) in [5.74, 6) is 0.552. The second kappa shape index (κ2) is 9.44. The number of hydrogen-bond acceptors (Lipinski definition) is 6. The topological polar surface area (TPSA) is 63.9 Å². The Morgan fingerprint density at radius 2 is 1.82 bits per heavy atom. The minimum Gasteiger partial charge on any atom is -0.378 e. The molecule has 4 aromatic rings. The summed E-state index contributed by atoms with van der Waals surface area (Å²) in [5.41, 5.74) is 6.14. The van der Waals surface area contributed by atoms with Crippen LogP contribution in [0.2, 0.25) is 0 Å². The minimum atomic E-state index is -0.176. The predicted octanol–water partition coefficient (Wildman–Crippen LogP) is 5.29. The highest BCUT2D eigenvalue weighted by Gasteiger charge is 2.13. The lowest BCUT2D eigenvalue weighted by Gasteiger charge is -2.29. The van der Waals surface area contributed by atoms with Crippen LogP contribution in [0.25, 0.3) is 16.8 Å². The van der Waals surface area contributed by atoms with Crippen molar-refractivity contribution in [2.24, 2.45) is 0 Å². The third-order valence-electron chi connectivity index (χ3n) is 5.77. The Morgan fingerprint density at radius 1 is 1.00 bits per heavy atom. The standard InChI is InChI=1S/C27H31N5O2/c1-27(2,3)34-19-20-6-4-7-21(16-20)25-11-10-24-18-28-26(30-32(24)25)29-22-8-5-9-23(17-22)31-12-14-33-15-13-31/h4-11,16-18H,12-15,19H2,1-3H3,(H,29,30). The van der Waals surface area contributed by atoms with Gasteiger partial charge in [-0.3, -0.25) is 0 Å². The van der Waals surface area contributed by atoms with E-state index in [-0.39, 0.29) is 5.60 Å². The van der Waals surface area contributed by atoms with E-state index in [9.17, 15) is 0 Å². The fraction of sp³-hybridized carbons (Fsp3) is 0.333. The molecule has 7 heteroatoms. The molecule has 34 heavy (non-hydrogen) atoms. The highest BCUT2D eigenvalue weighted by Crippen LogP contribution is 2.26. The fourth-order valence-corrected chi connectivity index (χ4v) is 4.03. The average molecular weight is 458 g/mol. The summed E-state index contributed by atoms with van der Waals surface area (Å²) in [7, 11) is 0.